The highest BCUT2D eigenvalue weighted by atomic mass is 19.1. The van der Waals surface area contributed by atoms with Crippen molar-refractivity contribution in [2.45, 2.75) is 45.4 Å². The number of benzene rings is 2. The molecule has 0 fully saturated rings. The van der Waals surface area contributed by atoms with Crippen LogP contribution in [-0.4, -0.2) is 13.4 Å². The van der Waals surface area contributed by atoms with Gasteiger partial charge in [0.2, 0.25) is 6.79 Å². The Bertz CT molecular complexity index is 699. The lowest BCUT2D eigenvalue weighted by Gasteiger charge is -2.27. The highest BCUT2D eigenvalue weighted by Gasteiger charge is 2.23. The van der Waals surface area contributed by atoms with Crippen molar-refractivity contribution in [3.63, 3.8) is 0 Å². The zero-order chi connectivity index (χ0) is 18.4. The highest BCUT2D eigenvalue weighted by molar-refractivity contribution is 5.46. The maximum Gasteiger partial charge on any atom is 0.231 e. The second-order valence-corrected chi connectivity index (χ2v) is 6.82. The summed E-state index contributed by atoms with van der Waals surface area (Å²) in [6.45, 7) is 5.29. The van der Waals surface area contributed by atoms with Crippen LogP contribution >= 0.6 is 0 Å². The molecule has 1 heterocycles. The van der Waals surface area contributed by atoms with Gasteiger partial charge >= 0.3 is 0 Å². The quantitative estimate of drug-likeness (QED) is 0.556. The van der Waals surface area contributed by atoms with Crippen molar-refractivity contribution in [3.05, 3.63) is 53.8 Å². The molecule has 1 aliphatic heterocycles. The Morgan fingerprint density at radius 1 is 0.962 bits per heavy atom. The van der Waals surface area contributed by atoms with Gasteiger partial charge in [-0.15, -0.1) is 0 Å². The lowest BCUT2D eigenvalue weighted by molar-refractivity contribution is 0.173. The maximum absolute atomic E-state index is 13.3. The van der Waals surface area contributed by atoms with Crippen molar-refractivity contribution < 1.29 is 18.6 Å². The van der Waals surface area contributed by atoms with Gasteiger partial charge in [0.1, 0.15) is 11.6 Å². The van der Waals surface area contributed by atoms with Gasteiger partial charge in [0.25, 0.3) is 0 Å². The van der Waals surface area contributed by atoms with E-state index >= 15 is 0 Å². The molecule has 0 N–H and O–H groups in total. The number of hydrogen-bond acceptors (Lipinski definition) is 3. The largest absolute Gasteiger partial charge is 0.493 e. The molecular weight excluding hydrogens is 331 g/mol. The lowest BCUT2D eigenvalue weighted by Crippen LogP contribution is -2.20. The topological polar surface area (TPSA) is 27.7 Å². The minimum absolute atomic E-state index is 0.187. The fourth-order valence-corrected chi connectivity index (χ4v) is 3.64. The Morgan fingerprint density at radius 2 is 1.69 bits per heavy atom. The molecule has 1 aliphatic rings. The van der Waals surface area contributed by atoms with Crippen molar-refractivity contribution in [2.75, 3.05) is 13.4 Å². The molecule has 0 saturated heterocycles. The average molecular weight is 358 g/mol. The van der Waals surface area contributed by atoms with Crippen LogP contribution in [0.4, 0.5) is 4.39 Å². The third-order valence-corrected chi connectivity index (χ3v) is 4.93. The molecule has 3 rings (SSSR count). The molecule has 0 saturated carbocycles. The molecule has 0 spiro atoms. The smallest absolute Gasteiger partial charge is 0.231 e. The van der Waals surface area contributed by atoms with E-state index in [0.29, 0.717) is 18.4 Å². The van der Waals surface area contributed by atoms with Gasteiger partial charge in [-0.05, 0) is 54.5 Å². The van der Waals surface area contributed by atoms with E-state index in [1.54, 1.807) is 12.1 Å². The van der Waals surface area contributed by atoms with Crippen LogP contribution in [-0.2, 0) is 0 Å². The van der Waals surface area contributed by atoms with Crippen molar-refractivity contribution >= 4 is 0 Å². The average Bonchev–Trinajstić information content (AvgIpc) is 3.12. The maximum atomic E-state index is 13.3. The summed E-state index contributed by atoms with van der Waals surface area (Å²) in [6, 6.07) is 12.6. The number of hydrogen-bond donors (Lipinski definition) is 0. The van der Waals surface area contributed by atoms with Gasteiger partial charge < -0.3 is 14.2 Å². The van der Waals surface area contributed by atoms with E-state index in [-0.39, 0.29) is 12.6 Å². The van der Waals surface area contributed by atoms with Gasteiger partial charge in [-0.2, -0.15) is 0 Å². The molecule has 0 radical (unpaired) electrons. The van der Waals surface area contributed by atoms with E-state index in [2.05, 4.69) is 13.8 Å². The molecule has 2 aromatic rings. The first-order valence-corrected chi connectivity index (χ1v) is 9.49. The van der Waals surface area contributed by atoms with Crippen LogP contribution in [0.25, 0.3) is 0 Å². The summed E-state index contributed by atoms with van der Waals surface area (Å²) >= 11 is 0. The fraction of sp³-hybridized carbons (Fsp3) is 0.455. The van der Waals surface area contributed by atoms with Crippen LogP contribution in [0.5, 0.6) is 17.2 Å². The Labute approximate surface area is 155 Å². The summed E-state index contributed by atoms with van der Waals surface area (Å²) in [5, 5.41) is 0. The van der Waals surface area contributed by atoms with Crippen LogP contribution < -0.4 is 14.2 Å². The van der Waals surface area contributed by atoms with Gasteiger partial charge in [0.15, 0.2) is 11.5 Å². The van der Waals surface area contributed by atoms with E-state index in [1.807, 2.05) is 30.3 Å². The normalized spacial score (nSPS) is 14.9. The molecule has 0 amide bonds. The van der Waals surface area contributed by atoms with Crippen LogP contribution in [0.2, 0.25) is 0 Å². The van der Waals surface area contributed by atoms with Crippen molar-refractivity contribution in [1.82, 2.24) is 0 Å². The van der Waals surface area contributed by atoms with Crippen molar-refractivity contribution in [2.24, 2.45) is 5.92 Å². The SMILES string of the molecule is CCC[C@@H](COc1ccc2c(c1)OCO2)[C@@H](CCC)c1ccc(F)cc1. The van der Waals surface area contributed by atoms with Crippen molar-refractivity contribution in [3.8, 4) is 17.2 Å². The number of halogens is 1. The number of ether oxygens (including phenoxy) is 3. The molecule has 26 heavy (non-hydrogen) atoms. The van der Waals surface area contributed by atoms with Gasteiger partial charge in [-0.1, -0.05) is 38.8 Å². The zero-order valence-corrected chi connectivity index (χ0v) is 15.5. The van der Waals surface area contributed by atoms with Gasteiger partial charge in [0.05, 0.1) is 6.61 Å². The monoisotopic (exact) mass is 358 g/mol. The van der Waals surface area contributed by atoms with E-state index in [1.165, 1.54) is 5.56 Å². The minimum Gasteiger partial charge on any atom is -0.493 e. The molecule has 0 bridgehead atoms. The summed E-state index contributed by atoms with van der Waals surface area (Å²) in [7, 11) is 0. The minimum atomic E-state index is -0.187. The standard InChI is InChI=1S/C22H27FO3/c1-3-5-17(20(6-4-2)16-7-9-18(23)10-8-16)14-24-19-11-12-21-22(13-19)26-15-25-21/h7-13,17,20H,3-6,14-15H2,1-2H3/t17-,20-/m0/s1. The summed E-state index contributed by atoms with van der Waals surface area (Å²) in [6.07, 6.45) is 4.33. The molecule has 0 aliphatic carbocycles. The predicted molar refractivity (Wildman–Crippen MR) is 101 cm³/mol. The third kappa shape index (κ3) is 4.48. The Hall–Kier alpha value is -2.23. The number of rotatable bonds is 9. The zero-order valence-electron chi connectivity index (χ0n) is 15.5. The lowest BCUT2D eigenvalue weighted by atomic mass is 9.81. The molecule has 2 atom stereocenters. The first-order valence-electron chi connectivity index (χ1n) is 9.49. The second-order valence-electron chi connectivity index (χ2n) is 6.82. The first kappa shape index (κ1) is 18.6. The number of fused-ring (bicyclic) bond motifs is 1. The van der Waals surface area contributed by atoms with E-state index in [0.717, 1.165) is 42.9 Å². The van der Waals surface area contributed by atoms with Gasteiger partial charge in [-0.25, -0.2) is 4.39 Å². The molecule has 2 aromatic carbocycles. The van der Waals surface area contributed by atoms with E-state index in [9.17, 15) is 4.39 Å². The Morgan fingerprint density at radius 3 is 2.42 bits per heavy atom. The Balaban J connectivity index is 1.72. The van der Waals surface area contributed by atoms with Gasteiger partial charge in [-0.3, -0.25) is 0 Å². The van der Waals surface area contributed by atoms with Crippen molar-refractivity contribution in [1.29, 1.82) is 0 Å². The predicted octanol–water partition coefficient (Wildman–Crippen LogP) is 5.93. The molecule has 140 valence electrons. The molecule has 4 heteroatoms. The Kier molecular flexibility index (Phi) is 6.37. The second kappa shape index (κ2) is 8.93. The third-order valence-electron chi connectivity index (χ3n) is 4.93. The first-order chi connectivity index (χ1) is 12.7. The van der Waals surface area contributed by atoms with E-state index < -0.39 is 0 Å². The summed E-state index contributed by atoms with van der Waals surface area (Å²) in [5.74, 6) is 2.86. The summed E-state index contributed by atoms with van der Waals surface area (Å²) in [4.78, 5) is 0. The summed E-state index contributed by atoms with van der Waals surface area (Å²) in [5.41, 5.74) is 1.20. The summed E-state index contributed by atoms with van der Waals surface area (Å²) < 4.78 is 30.2. The molecular formula is C22H27FO3. The highest BCUT2D eigenvalue weighted by Crippen LogP contribution is 2.37. The van der Waals surface area contributed by atoms with Crippen LogP contribution in [0, 0.1) is 11.7 Å². The van der Waals surface area contributed by atoms with Crippen LogP contribution in [0.3, 0.4) is 0 Å². The molecule has 0 aromatic heterocycles. The van der Waals surface area contributed by atoms with E-state index in [4.69, 9.17) is 14.2 Å². The van der Waals surface area contributed by atoms with Crippen LogP contribution in [0.1, 0.15) is 51.0 Å². The fourth-order valence-electron chi connectivity index (χ4n) is 3.64. The van der Waals surface area contributed by atoms with Crippen LogP contribution in [0.15, 0.2) is 42.5 Å². The van der Waals surface area contributed by atoms with Gasteiger partial charge in [0, 0.05) is 6.07 Å². The molecule has 0 unspecified atom stereocenters. The molecule has 3 nitrogen and oxygen atoms in total.